The number of benzene rings is 1. The maximum atomic E-state index is 13.0. The number of likely N-dealkylation sites (N-methyl/N-ethyl adjacent to an activating group) is 1. The number of hydrogen-bond donors (Lipinski definition) is 1. The molecule has 3 nitrogen and oxygen atoms in total. The van der Waals surface area contributed by atoms with E-state index >= 15 is 0 Å². The van der Waals surface area contributed by atoms with E-state index in [2.05, 4.69) is 17.3 Å². The average molecular weight is 294 g/mol. The molecule has 2 rings (SSSR count). The van der Waals surface area contributed by atoms with E-state index in [1.165, 1.54) is 25.0 Å². The van der Waals surface area contributed by atoms with Gasteiger partial charge in [0, 0.05) is 19.2 Å². The third-order valence-electron chi connectivity index (χ3n) is 4.09. The van der Waals surface area contributed by atoms with Crippen molar-refractivity contribution in [1.29, 1.82) is 0 Å². The maximum Gasteiger partial charge on any atom is 0.123 e. The number of halogens is 1. The Kier molecular flexibility index (Phi) is 6.61. The van der Waals surface area contributed by atoms with Gasteiger partial charge in [-0.2, -0.15) is 0 Å². The Morgan fingerprint density at radius 1 is 1.29 bits per heavy atom. The summed E-state index contributed by atoms with van der Waals surface area (Å²) < 4.78 is 18.6. The van der Waals surface area contributed by atoms with Crippen molar-refractivity contribution < 1.29 is 9.13 Å². The molecule has 1 N–H and O–H groups in total. The highest BCUT2D eigenvalue weighted by molar-refractivity contribution is 5.19. The summed E-state index contributed by atoms with van der Waals surface area (Å²) in [5, 5.41) is 3.30. The maximum absolute atomic E-state index is 13.0. The van der Waals surface area contributed by atoms with E-state index in [0.29, 0.717) is 0 Å². The van der Waals surface area contributed by atoms with Gasteiger partial charge in [-0.05, 0) is 63.5 Å². The fraction of sp³-hybridized carbons (Fsp3) is 0.647. The van der Waals surface area contributed by atoms with Crippen molar-refractivity contribution >= 4 is 0 Å². The van der Waals surface area contributed by atoms with E-state index < -0.39 is 0 Å². The molecule has 0 aliphatic heterocycles. The zero-order valence-corrected chi connectivity index (χ0v) is 13.1. The van der Waals surface area contributed by atoms with Crippen molar-refractivity contribution in [3.8, 4) is 0 Å². The lowest BCUT2D eigenvalue weighted by Crippen LogP contribution is -2.28. The molecule has 0 amide bonds. The molecule has 1 aromatic carbocycles. The van der Waals surface area contributed by atoms with Gasteiger partial charge in [-0.25, -0.2) is 4.39 Å². The minimum Gasteiger partial charge on any atom is -0.380 e. The number of nitrogens with one attached hydrogen (secondary N) is 1. The highest BCUT2D eigenvalue weighted by Gasteiger charge is 2.21. The Morgan fingerprint density at radius 3 is 2.62 bits per heavy atom. The van der Waals surface area contributed by atoms with Crippen LogP contribution in [0.15, 0.2) is 24.3 Å². The Labute approximate surface area is 127 Å². The largest absolute Gasteiger partial charge is 0.380 e. The zero-order valence-electron chi connectivity index (χ0n) is 13.1. The van der Waals surface area contributed by atoms with Crippen LogP contribution >= 0.6 is 0 Å². The molecule has 4 heteroatoms. The fourth-order valence-corrected chi connectivity index (χ4v) is 2.39. The first-order chi connectivity index (χ1) is 10.2. The van der Waals surface area contributed by atoms with Crippen LogP contribution in [0, 0.1) is 11.7 Å². The first-order valence-electron chi connectivity index (χ1n) is 7.88. The monoisotopic (exact) mass is 294 g/mol. The third-order valence-corrected chi connectivity index (χ3v) is 4.09. The van der Waals surface area contributed by atoms with Crippen molar-refractivity contribution in [2.75, 3.05) is 40.4 Å². The molecule has 0 saturated heterocycles. The van der Waals surface area contributed by atoms with E-state index in [1.807, 2.05) is 19.2 Å². The molecule has 1 unspecified atom stereocenters. The summed E-state index contributed by atoms with van der Waals surface area (Å²) in [5.41, 5.74) is 1.14. The summed E-state index contributed by atoms with van der Waals surface area (Å²) in [6.45, 7) is 3.71. The molecular formula is C17H27FN2O. The van der Waals surface area contributed by atoms with E-state index in [0.717, 1.165) is 44.2 Å². The highest BCUT2D eigenvalue weighted by atomic mass is 19.1. The molecule has 0 spiro atoms. The second-order valence-corrected chi connectivity index (χ2v) is 6.00. The van der Waals surface area contributed by atoms with Crippen molar-refractivity contribution in [1.82, 2.24) is 10.2 Å². The quantitative estimate of drug-likeness (QED) is 0.672. The van der Waals surface area contributed by atoms with Crippen LogP contribution in [0.3, 0.4) is 0 Å². The van der Waals surface area contributed by atoms with Gasteiger partial charge in [0.05, 0.1) is 6.61 Å². The summed E-state index contributed by atoms with van der Waals surface area (Å²) in [6.07, 6.45) is 3.69. The topological polar surface area (TPSA) is 24.5 Å². The Bertz CT molecular complexity index is 406. The van der Waals surface area contributed by atoms with Crippen LogP contribution in [0.4, 0.5) is 4.39 Å². The van der Waals surface area contributed by atoms with Gasteiger partial charge in [0.15, 0.2) is 0 Å². The van der Waals surface area contributed by atoms with Gasteiger partial charge in [-0.15, -0.1) is 0 Å². The number of rotatable bonds is 10. The lowest BCUT2D eigenvalue weighted by molar-refractivity contribution is 0.102. The Balaban J connectivity index is 1.65. The van der Waals surface area contributed by atoms with Gasteiger partial charge in [-0.1, -0.05) is 12.1 Å². The van der Waals surface area contributed by atoms with Crippen LogP contribution in [0.1, 0.15) is 30.9 Å². The van der Waals surface area contributed by atoms with Gasteiger partial charge >= 0.3 is 0 Å². The molecule has 1 aliphatic rings. The van der Waals surface area contributed by atoms with Gasteiger partial charge in [0.2, 0.25) is 0 Å². The molecule has 1 saturated carbocycles. The first-order valence-corrected chi connectivity index (χ1v) is 7.88. The molecule has 0 bridgehead atoms. The number of nitrogens with zero attached hydrogens (tertiary/aromatic N) is 1. The predicted molar refractivity (Wildman–Crippen MR) is 83.9 cm³/mol. The molecule has 1 fully saturated rings. The first kappa shape index (κ1) is 16.4. The minimum atomic E-state index is -0.182. The van der Waals surface area contributed by atoms with Gasteiger partial charge in [0.1, 0.15) is 5.82 Å². The van der Waals surface area contributed by atoms with Crippen molar-refractivity contribution in [3.05, 3.63) is 35.6 Å². The van der Waals surface area contributed by atoms with E-state index in [4.69, 9.17) is 4.74 Å². The predicted octanol–water partition coefficient (Wildman–Crippen LogP) is 2.83. The fourth-order valence-electron chi connectivity index (χ4n) is 2.39. The van der Waals surface area contributed by atoms with Crippen LogP contribution < -0.4 is 5.32 Å². The van der Waals surface area contributed by atoms with Gasteiger partial charge in [-0.3, -0.25) is 0 Å². The zero-order chi connectivity index (χ0) is 15.1. The second kappa shape index (κ2) is 8.47. The average Bonchev–Trinajstić information content (AvgIpc) is 3.30. The summed E-state index contributed by atoms with van der Waals surface area (Å²) in [4.78, 5) is 2.29. The van der Waals surface area contributed by atoms with Crippen molar-refractivity contribution in [3.63, 3.8) is 0 Å². The molecule has 21 heavy (non-hydrogen) atoms. The minimum absolute atomic E-state index is 0.182. The molecule has 118 valence electrons. The summed E-state index contributed by atoms with van der Waals surface area (Å²) >= 11 is 0. The van der Waals surface area contributed by atoms with Gasteiger partial charge < -0.3 is 15.0 Å². The van der Waals surface area contributed by atoms with Crippen LogP contribution in [-0.2, 0) is 4.74 Å². The third kappa shape index (κ3) is 6.12. The Morgan fingerprint density at radius 2 is 2.00 bits per heavy atom. The van der Waals surface area contributed by atoms with Crippen LogP contribution in [0.5, 0.6) is 0 Å². The number of ether oxygens (including phenoxy) is 1. The standard InChI is InChI=1S/C17H27FN2O/c1-19-17(15-5-7-16(18)8-6-15)9-10-20(2)11-12-21-13-14-3-4-14/h5-8,14,17,19H,3-4,9-13H2,1-2H3. The van der Waals surface area contributed by atoms with Crippen LogP contribution in [-0.4, -0.2) is 45.3 Å². The summed E-state index contributed by atoms with van der Waals surface area (Å²) in [6, 6.07) is 7.02. The SMILES string of the molecule is CNC(CCN(C)CCOCC1CC1)c1ccc(F)cc1. The summed E-state index contributed by atoms with van der Waals surface area (Å²) in [5.74, 6) is 0.654. The molecule has 1 aromatic rings. The Hall–Kier alpha value is -0.970. The van der Waals surface area contributed by atoms with Crippen molar-refractivity contribution in [2.24, 2.45) is 5.92 Å². The number of hydrogen-bond acceptors (Lipinski definition) is 3. The molecular weight excluding hydrogens is 267 g/mol. The molecule has 1 atom stereocenters. The molecule has 0 heterocycles. The van der Waals surface area contributed by atoms with Crippen molar-refractivity contribution in [2.45, 2.75) is 25.3 Å². The molecule has 0 aromatic heterocycles. The van der Waals surface area contributed by atoms with E-state index in [1.54, 1.807) is 0 Å². The lowest BCUT2D eigenvalue weighted by Gasteiger charge is -2.21. The highest BCUT2D eigenvalue weighted by Crippen LogP contribution is 2.28. The van der Waals surface area contributed by atoms with E-state index in [-0.39, 0.29) is 11.9 Å². The lowest BCUT2D eigenvalue weighted by atomic mass is 10.0. The van der Waals surface area contributed by atoms with Crippen LogP contribution in [0.2, 0.25) is 0 Å². The molecule has 1 aliphatic carbocycles. The molecule has 0 radical (unpaired) electrons. The van der Waals surface area contributed by atoms with Gasteiger partial charge in [0.25, 0.3) is 0 Å². The second-order valence-electron chi connectivity index (χ2n) is 6.00. The summed E-state index contributed by atoms with van der Waals surface area (Å²) in [7, 11) is 4.07. The van der Waals surface area contributed by atoms with E-state index in [9.17, 15) is 4.39 Å². The van der Waals surface area contributed by atoms with Crippen LogP contribution in [0.25, 0.3) is 0 Å². The smallest absolute Gasteiger partial charge is 0.123 e. The normalized spacial score (nSPS) is 16.4.